The summed E-state index contributed by atoms with van der Waals surface area (Å²) in [5.74, 6) is 0.780. The third kappa shape index (κ3) is 3.97. The van der Waals surface area contributed by atoms with Crippen molar-refractivity contribution in [3.05, 3.63) is 58.1 Å². The van der Waals surface area contributed by atoms with Crippen LogP contribution in [0.1, 0.15) is 29.2 Å². The summed E-state index contributed by atoms with van der Waals surface area (Å²) in [6, 6.07) is 12.2. The first-order valence-electron chi connectivity index (χ1n) is 7.93. The molecule has 0 spiro atoms. The molecule has 130 valence electrons. The molecule has 1 atom stereocenters. The zero-order valence-corrected chi connectivity index (χ0v) is 15.4. The second-order valence-corrected chi connectivity index (χ2v) is 6.57. The molecule has 1 aliphatic rings. The molecular formula is C19H22Cl2NO2-. The van der Waals surface area contributed by atoms with Gasteiger partial charge in [0.05, 0.1) is 7.11 Å². The molecule has 3 rings (SSSR count). The van der Waals surface area contributed by atoms with Gasteiger partial charge in [0.15, 0.2) is 11.5 Å². The number of methoxy groups -OCH3 is 1. The van der Waals surface area contributed by atoms with Crippen LogP contribution in [0, 0.1) is 0 Å². The van der Waals surface area contributed by atoms with Gasteiger partial charge in [-0.3, -0.25) is 4.90 Å². The van der Waals surface area contributed by atoms with Crippen LogP contribution in [0.3, 0.4) is 0 Å². The highest BCUT2D eigenvalue weighted by molar-refractivity contribution is 6.30. The van der Waals surface area contributed by atoms with Crippen molar-refractivity contribution in [2.45, 2.75) is 25.3 Å². The zero-order chi connectivity index (χ0) is 16.4. The van der Waals surface area contributed by atoms with E-state index in [-0.39, 0.29) is 18.2 Å². The number of phenols is 1. The summed E-state index contributed by atoms with van der Waals surface area (Å²) in [4.78, 5) is 2.37. The van der Waals surface area contributed by atoms with Crippen LogP contribution in [-0.2, 0) is 12.8 Å². The Kier molecular flexibility index (Phi) is 6.39. The fourth-order valence-electron chi connectivity index (χ4n) is 3.34. The average Bonchev–Trinajstić information content (AvgIpc) is 2.55. The summed E-state index contributed by atoms with van der Waals surface area (Å²) in [5, 5.41) is 10.9. The Labute approximate surface area is 154 Å². The Morgan fingerprint density at radius 3 is 2.62 bits per heavy atom. The molecule has 2 aromatic carbocycles. The van der Waals surface area contributed by atoms with E-state index in [1.54, 1.807) is 7.11 Å². The van der Waals surface area contributed by atoms with Crippen LogP contribution in [-0.4, -0.2) is 30.7 Å². The molecule has 0 saturated heterocycles. The quantitative estimate of drug-likeness (QED) is 0.882. The second-order valence-electron chi connectivity index (χ2n) is 6.13. The van der Waals surface area contributed by atoms with Crippen LogP contribution in [0.15, 0.2) is 36.4 Å². The Bertz CT molecular complexity index is 689. The number of ether oxygens (including phenoxy) is 1. The summed E-state index contributed by atoms with van der Waals surface area (Å²) >= 11 is 5.95. The Morgan fingerprint density at radius 2 is 1.96 bits per heavy atom. The molecule has 3 nitrogen and oxygen atoms in total. The van der Waals surface area contributed by atoms with Crippen molar-refractivity contribution in [3.8, 4) is 11.5 Å². The first-order valence-corrected chi connectivity index (χ1v) is 8.30. The van der Waals surface area contributed by atoms with Crippen LogP contribution >= 0.6 is 11.6 Å². The SMILES string of the molecule is COc1cc2c(cc1O)C(CCc1ccc(Cl)cc1)N(C)CC2.[Cl-]. The maximum absolute atomic E-state index is 10.1. The van der Waals surface area contributed by atoms with Gasteiger partial charge in [-0.2, -0.15) is 0 Å². The summed E-state index contributed by atoms with van der Waals surface area (Å²) in [6.45, 7) is 1.02. The van der Waals surface area contributed by atoms with Crippen LogP contribution in [0.4, 0.5) is 0 Å². The van der Waals surface area contributed by atoms with Gasteiger partial charge in [0.2, 0.25) is 0 Å². The van der Waals surface area contributed by atoms with Crippen molar-refractivity contribution in [2.24, 2.45) is 0 Å². The highest BCUT2D eigenvalue weighted by Gasteiger charge is 2.26. The molecule has 1 heterocycles. The maximum atomic E-state index is 10.1. The lowest BCUT2D eigenvalue weighted by atomic mass is 9.89. The largest absolute Gasteiger partial charge is 1.00 e. The number of fused-ring (bicyclic) bond motifs is 1. The van der Waals surface area contributed by atoms with E-state index in [2.05, 4.69) is 24.1 Å². The lowest BCUT2D eigenvalue weighted by Gasteiger charge is -2.35. The highest BCUT2D eigenvalue weighted by atomic mass is 35.5. The van der Waals surface area contributed by atoms with Gasteiger partial charge >= 0.3 is 0 Å². The van der Waals surface area contributed by atoms with Crippen molar-refractivity contribution in [1.82, 2.24) is 4.90 Å². The molecule has 0 amide bonds. The van der Waals surface area contributed by atoms with E-state index >= 15 is 0 Å². The van der Waals surface area contributed by atoms with Gasteiger partial charge in [-0.1, -0.05) is 23.7 Å². The number of nitrogens with zero attached hydrogens (tertiary/aromatic N) is 1. The molecule has 24 heavy (non-hydrogen) atoms. The molecule has 1 aliphatic heterocycles. The molecule has 0 saturated carbocycles. The van der Waals surface area contributed by atoms with Gasteiger partial charge in [0, 0.05) is 17.6 Å². The van der Waals surface area contributed by atoms with E-state index < -0.39 is 0 Å². The molecule has 0 bridgehead atoms. The number of rotatable bonds is 4. The van der Waals surface area contributed by atoms with Gasteiger partial charge in [0.25, 0.3) is 0 Å². The van der Waals surface area contributed by atoms with Crippen LogP contribution in [0.2, 0.25) is 5.02 Å². The van der Waals surface area contributed by atoms with Crippen LogP contribution < -0.4 is 17.1 Å². The number of hydrogen-bond acceptors (Lipinski definition) is 3. The standard InChI is InChI=1S/C19H22ClNO2.ClH/c1-21-10-9-14-11-19(23-2)18(22)12-16(14)17(21)8-5-13-3-6-15(20)7-4-13;/h3-4,6-7,11-12,17,22H,5,8-10H2,1-2H3;1H/p-1. The Morgan fingerprint density at radius 1 is 1.25 bits per heavy atom. The predicted molar refractivity (Wildman–Crippen MR) is 93.5 cm³/mol. The summed E-state index contributed by atoms with van der Waals surface area (Å²) in [7, 11) is 3.74. The van der Waals surface area contributed by atoms with E-state index in [9.17, 15) is 5.11 Å². The monoisotopic (exact) mass is 366 g/mol. The minimum Gasteiger partial charge on any atom is -1.00 e. The minimum atomic E-state index is 0. The van der Waals surface area contributed by atoms with E-state index in [1.807, 2.05) is 24.3 Å². The number of benzene rings is 2. The van der Waals surface area contributed by atoms with Crippen molar-refractivity contribution in [3.63, 3.8) is 0 Å². The van der Waals surface area contributed by atoms with Gasteiger partial charge < -0.3 is 22.3 Å². The van der Waals surface area contributed by atoms with Crippen LogP contribution in [0.5, 0.6) is 11.5 Å². The second kappa shape index (κ2) is 8.11. The molecule has 2 aromatic rings. The normalized spacial score (nSPS) is 17.0. The molecule has 0 radical (unpaired) electrons. The number of aromatic hydroxyl groups is 1. The first kappa shape index (κ1) is 18.9. The maximum Gasteiger partial charge on any atom is 0.160 e. The average molecular weight is 367 g/mol. The van der Waals surface area contributed by atoms with Gasteiger partial charge in [-0.25, -0.2) is 0 Å². The fourth-order valence-corrected chi connectivity index (χ4v) is 3.46. The minimum absolute atomic E-state index is 0. The lowest BCUT2D eigenvalue weighted by molar-refractivity contribution is -0.00000580. The lowest BCUT2D eigenvalue weighted by Crippen LogP contribution is -3.00. The highest BCUT2D eigenvalue weighted by Crippen LogP contribution is 2.38. The molecule has 1 unspecified atom stereocenters. The molecule has 5 heteroatoms. The molecule has 0 fully saturated rings. The summed E-state index contributed by atoms with van der Waals surface area (Å²) < 4.78 is 5.24. The van der Waals surface area contributed by atoms with Crippen molar-refractivity contribution < 1.29 is 22.3 Å². The smallest absolute Gasteiger partial charge is 0.160 e. The fraction of sp³-hybridized carbons (Fsp3) is 0.368. The van der Waals surface area contributed by atoms with E-state index in [0.29, 0.717) is 11.8 Å². The number of hydrogen-bond donors (Lipinski definition) is 1. The Balaban J connectivity index is 0.00000208. The molecule has 0 aliphatic carbocycles. The van der Waals surface area contributed by atoms with E-state index in [1.165, 1.54) is 16.7 Å². The summed E-state index contributed by atoms with van der Waals surface area (Å²) in [6.07, 6.45) is 2.98. The van der Waals surface area contributed by atoms with Gasteiger partial charge in [0.1, 0.15) is 0 Å². The Hall–Kier alpha value is -1.42. The molecular weight excluding hydrogens is 345 g/mol. The zero-order valence-electron chi connectivity index (χ0n) is 13.9. The van der Waals surface area contributed by atoms with Crippen molar-refractivity contribution in [2.75, 3.05) is 20.7 Å². The summed E-state index contributed by atoms with van der Waals surface area (Å²) in [5.41, 5.74) is 3.78. The third-order valence-electron chi connectivity index (χ3n) is 4.69. The number of aryl methyl sites for hydroxylation is 1. The number of phenolic OH excluding ortho intramolecular Hbond substituents is 1. The topological polar surface area (TPSA) is 32.7 Å². The van der Waals surface area contributed by atoms with Gasteiger partial charge in [-0.05, 0) is 67.3 Å². The molecule has 1 N–H and O–H groups in total. The van der Waals surface area contributed by atoms with Crippen LogP contribution in [0.25, 0.3) is 0 Å². The van der Waals surface area contributed by atoms with Gasteiger partial charge in [-0.15, -0.1) is 0 Å². The molecule has 0 aromatic heterocycles. The third-order valence-corrected chi connectivity index (χ3v) is 4.94. The number of halogens is 2. The predicted octanol–water partition coefficient (Wildman–Crippen LogP) is 1.22. The first-order chi connectivity index (χ1) is 11.1. The van der Waals surface area contributed by atoms with E-state index in [0.717, 1.165) is 30.8 Å². The van der Waals surface area contributed by atoms with Crippen molar-refractivity contribution >= 4 is 11.6 Å². The van der Waals surface area contributed by atoms with Crippen molar-refractivity contribution in [1.29, 1.82) is 0 Å². The van der Waals surface area contributed by atoms with E-state index in [4.69, 9.17) is 16.3 Å². The number of likely N-dealkylation sites (N-methyl/N-ethyl adjacent to an activating group) is 1.